The van der Waals surface area contributed by atoms with Crippen molar-refractivity contribution < 1.29 is 9.47 Å². The Balaban J connectivity index is 1.50. The summed E-state index contributed by atoms with van der Waals surface area (Å²) in [5, 5.41) is 3.58. The van der Waals surface area contributed by atoms with E-state index in [4.69, 9.17) is 9.47 Å². The van der Waals surface area contributed by atoms with Crippen LogP contribution in [0.3, 0.4) is 0 Å². The summed E-state index contributed by atoms with van der Waals surface area (Å²) in [6.45, 7) is 9.48. The summed E-state index contributed by atoms with van der Waals surface area (Å²) in [6, 6.07) is 0.502. The fourth-order valence-corrected chi connectivity index (χ4v) is 2.59. The van der Waals surface area contributed by atoms with E-state index in [1.807, 2.05) is 0 Å². The van der Waals surface area contributed by atoms with Crippen molar-refractivity contribution in [2.45, 2.75) is 38.3 Å². The number of morpholine rings is 1. The van der Waals surface area contributed by atoms with Crippen molar-refractivity contribution in [1.29, 1.82) is 0 Å². The van der Waals surface area contributed by atoms with Crippen molar-refractivity contribution in [3.63, 3.8) is 0 Å². The molecule has 2 atom stereocenters. The first-order valence-corrected chi connectivity index (χ1v) is 7.01. The minimum Gasteiger partial charge on any atom is -0.379 e. The van der Waals surface area contributed by atoms with Crippen LogP contribution in [0, 0.1) is 0 Å². The maximum atomic E-state index is 5.67. The molecule has 2 aliphatic rings. The highest BCUT2D eigenvalue weighted by Crippen LogP contribution is 2.15. The van der Waals surface area contributed by atoms with Crippen molar-refractivity contribution in [3.05, 3.63) is 0 Å². The zero-order valence-electron chi connectivity index (χ0n) is 11.0. The molecule has 0 aromatic rings. The predicted molar refractivity (Wildman–Crippen MR) is 68.3 cm³/mol. The molecule has 1 N–H and O–H groups in total. The minimum absolute atomic E-state index is 0.443. The van der Waals surface area contributed by atoms with Gasteiger partial charge in [-0.2, -0.15) is 0 Å². The van der Waals surface area contributed by atoms with Gasteiger partial charge in [-0.3, -0.25) is 4.90 Å². The van der Waals surface area contributed by atoms with Crippen LogP contribution in [0.1, 0.15) is 26.2 Å². The summed E-state index contributed by atoms with van der Waals surface area (Å²) in [7, 11) is 0. The highest BCUT2D eigenvalue weighted by molar-refractivity contribution is 4.76. The van der Waals surface area contributed by atoms with Crippen LogP contribution in [0.2, 0.25) is 0 Å². The van der Waals surface area contributed by atoms with Gasteiger partial charge in [0.05, 0.1) is 19.3 Å². The van der Waals surface area contributed by atoms with Crippen LogP contribution in [-0.2, 0) is 9.47 Å². The molecule has 0 unspecified atom stereocenters. The molecule has 0 spiro atoms. The third-order valence-corrected chi connectivity index (χ3v) is 3.74. The standard InChI is InChI=1S/C13H26N2O2/c1-12(13-4-2-9-17-13)14-5-3-6-15-7-10-16-11-8-15/h12-14H,2-11H2,1H3/t12-,13+/m0/s1. The number of rotatable bonds is 6. The quantitative estimate of drug-likeness (QED) is 0.701. The largest absolute Gasteiger partial charge is 0.379 e. The van der Waals surface area contributed by atoms with Crippen LogP contribution in [0.5, 0.6) is 0 Å². The highest BCUT2D eigenvalue weighted by Gasteiger charge is 2.21. The summed E-state index contributed by atoms with van der Waals surface area (Å²) in [5.74, 6) is 0. The number of hydrogen-bond donors (Lipinski definition) is 1. The van der Waals surface area contributed by atoms with Crippen LogP contribution in [0.15, 0.2) is 0 Å². The van der Waals surface area contributed by atoms with Crippen molar-refractivity contribution in [2.75, 3.05) is 46.0 Å². The predicted octanol–water partition coefficient (Wildman–Crippen LogP) is 0.866. The van der Waals surface area contributed by atoms with Crippen molar-refractivity contribution in [1.82, 2.24) is 10.2 Å². The molecule has 0 radical (unpaired) electrons. The summed E-state index contributed by atoms with van der Waals surface area (Å²) >= 11 is 0. The van der Waals surface area contributed by atoms with Crippen LogP contribution in [-0.4, -0.2) is 63.0 Å². The molecule has 4 nitrogen and oxygen atoms in total. The van der Waals surface area contributed by atoms with Crippen molar-refractivity contribution in [3.8, 4) is 0 Å². The van der Waals surface area contributed by atoms with Crippen molar-refractivity contribution in [2.24, 2.45) is 0 Å². The number of nitrogens with one attached hydrogen (secondary N) is 1. The Labute approximate surface area is 105 Å². The molecule has 0 aliphatic carbocycles. The fraction of sp³-hybridized carbons (Fsp3) is 1.00. The van der Waals surface area contributed by atoms with Gasteiger partial charge in [-0.1, -0.05) is 0 Å². The second-order valence-corrected chi connectivity index (χ2v) is 5.10. The summed E-state index contributed by atoms with van der Waals surface area (Å²) in [4.78, 5) is 2.49. The van der Waals surface area contributed by atoms with Gasteiger partial charge in [-0.25, -0.2) is 0 Å². The smallest absolute Gasteiger partial charge is 0.0726 e. The first-order valence-electron chi connectivity index (χ1n) is 7.01. The van der Waals surface area contributed by atoms with Crippen LogP contribution >= 0.6 is 0 Å². The molecule has 0 bridgehead atoms. The molecule has 2 fully saturated rings. The normalized spacial score (nSPS) is 28.4. The Morgan fingerprint density at radius 1 is 1.29 bits per heavy atom. The van der Waals surface area contributed by atoms with Crippen LogP contribution in [0.4, 0.5) is 0 Å². The Hall–Kier alpha value is -0.160. The third-order valence-electron chi connectivity index (χ3n) is 3.74. The Bertz CT molecular complexity index is 202. The fourth-order valence-electron chi connectivity index (χ4n) is 2.59. The Morgan fingerprint density at radius 2 is 2.12 bits per heavy atom. The van der Waals surface area contributed by atoms with Crippen LogP contribution in [0.25, 0.3) is 0 Å². The zero-order chi connectivity index (χ0) is 11.9. The van der Waals surface area contributed by atoms with Gasteiger partial charge in [-0.15, -0.1) is 0 Å². The second-order valence-electron chi connectivity index (χ2n) is 5.10. The van der Waals surface area contributed by atoms with Crippen LogP contribution < -0.4 is 5.32 Å². The molecule has 0 saturated carbocycles. The van der Waals surface area contributed by atoms with E-state index in [9.17, 15) is 0 Å². The lowest BCUT2D eigenvalue weighted by molar-refractivity contribution is 0.0369. The number of ether oxygens (including phenoxy) is 2. The van der Waals surface area contributed by atoms with Gasteiger partial charge in [0.25, 0.3) is 0 Å². The third kappa shape index (κ3) is 4.54. The molecule has 100 valence electrons. The highest BCUT2D eigenvalue weighted by atomic mass is 16.5. The summed E-state index contributed by atoms with van der Waals surface area (Å²) in [5.41, 5.74) is 0. The first-order chi connectivity index (χ1) is 8.36. The Morgan fingerprint density at radius 3 is 2.82 bits per heavy atom. The van der Waals surface area contributed by atoms with E-state index >= 15 is 0 Å². The van der Waals surface area contributed by atoms with Gasteiger partial charge in [0.15, 0.2) is 0 Å². The Kier molecular flexibility index (Phi) is 5.71. The topological polar surface area (TPSA) is 33.7 Å². The molecular weight excluding hydrogens is 216 g/mol. The average molecular weight is 242 g/mol. The average Bonchev–Trinajstić information content (AvgIpc) is 2.89. The number of nitrogens with zero attached hydrogens (tertiary/aromatic N) is 1. The van der Waals surface area contributed by atoms with Gasteiger partial charge in [0.1, 0.15) is 0 Å². The zero-order valence-corrected chi connectivity index (χ0v) is 11.0. The second kappa shape index (κ2) is 7.31. The molecule has 4 heteroatoms. The molecule has 17 heavy (non-hydrogen) atoms. The molecule has 0 amide bonds. The molecule has 0 aromatic heterocycles. The molecule has 2 rings (SSSR count). The van der Waals surface area contributed by atoms with E-state index in [2.05, 4.69) is 17.1 Å². The molecular formula is C13H26N2O2. The molecule has 2 saturated heterocycles. The lowest BCUT2D eigenvalue weighted by Gasteiger charge is -2.27. The maximum Gasteiger partial charge on any atom is 0.0726 e. The van der Waals surface area contributed by atoms with E-state index in [0.29, 0.717) is 12.1 Å². The van der Waals surface area contributed by atoms with Gasteiger partial charge in [0, 0.05) is 25.7 Å². The van der Waals surface area contributed by atoms with E-state index in [1.54, 1.807) is 0 Å². The molecule has 0 aromatic carbocycles. The van der Waals surface area contributed by atoms with E-state index in [-0.39, 0.29) is 0 Å². The SMILES string of the molecule is C[C@H](NCCCN1CCOCC1)[C@H]1CCCO1. The number of hydrogen-bond acceptors (Lipinski definition) is 4. The summed E-state index contributed by atoms with van der Waals surface area (Å²) < 4.78 is 11.0. The molecule has 2 aliphatic heterocycles. The van der Waals surface area contributed by atoms with Gasteiger partial charge < -0.3 is 14.8 Å². The maximum absolute atomic E-state index is 5.67. The lowest BCUT2D eigenvalue weighted by atomic mass is 10.1. The van der Waals surface area contributed by atoms with Gasteiger partial charge in [0.2, 0.25) is 0 Å². The monoisotopic (exact) mass is 242 g/mol. The molecule has 2 heterocycles. The lowest BCUT2D eigenvalue weighted by Crippen LogP contribution is -2.40. The summed E-state index contributed by atoms with van der Waals surface area (Å²) in [6.07, 6.45) is 4.11. The van der Waals surface area contributed by atoms with Gasteiger partial charge in [-0.05, 0) is 39.3 Å². The van der Waals surface area contributed by atoms with E-state index in [1.165, 1.54) is 25.8 Å². The minimum atomic E-state index is 0.443. The first kappa shape index (κ1) is 13.3. The van der Waals surface area contributed by atoms with E-state index < -0.39 is 0 Å². The van der Waals surface area contributed by atoms with E-state index in [0.717, 1.165) is 39.5 Å². The van der Waals surface area contributed by atoms with Gasteiger partial charge >= 0.3 is 0 Å². The van der Waals surface area contributed by atoms with Crippen molar-refractivity contribution >= 4 is 0 Å².